The number of aromatic hydroxyl groups is 1. The van der Waals surface area contributed by atoms with Crippen LogP contribution < -0.4 is 4.90 Å². The van der Waals surface area contributed by atoms with Gasteiger partial charge in [-0.25, -0.2) is 4.79 Å². The number of amides is 1. The first-order chi connectivity index (χ1) is 9.52. The van der Waals surface area contributed by atoms with Crippen LogP contribution in [0.5, 0.6) is 5.75 Å². The maximum Gasteiger partial charge on any atom is 0.339 e. The predicted octanol–water partition coefficient (Wildman–Crippen LogP) is 1.75. The monoisotopic (exact) mass is 276 g/mol. The Morgan fingerprint density at radius 2 is 2.30 bits per heavy atom. The molecule has 8 nitrogen and oxygen atoms in total. The summed E-state index contributed by atoms with van der Waals surface area (Å²) in [7, 11) is 0. The van der Waals surface area contributed by atoms with E-state index in [0.29, 0.717) is 12.2 Å². The van der Waals surface area contributed by atoms with Gasteiger partial charge in [-0.1, -0.05) is 5.11 Å². The molecule has 1 amide bonds. The summed E-state index contributed by atoms with van der Waals surface area (Å²) in [5, 5.41) is 21.9. The molecule has 0 aliphatic carbocycles. The van der Waals surface area contributed by atoms with Crippen LogP contribution in [0.1, 0.15) is 16.8 Å². The molecule has 0 spiro atoms. The number of carboxylic acids is 1. The summed E-state index contributed by atoms with van der Waals surface area (Å²) in [5.74, 6) is -1.84. The number of rotatable bonds is 4. The molecule has 0 aromatic heterocycles. The standard InChI is InChI=1S/C12H12N4O4/c13-15-14-5-7-3-11(18)16(6-7)8-1-2-9(12(19)20)10(17)4-8/h1-2,4,7,17H,3,5-6H2,(H,19,20). The van der Waals surface area contributed by atoms with E-state index in [2.05, 4.69) is 10.0 Å². The van der Waals surface area contributed by atoms with E-state index in [4.69, 9.17) is 10.6 Å². The van der Waals surface area contributed by atoms with Gasteiger partial charge in [0, 0.05) is 36.2 Å². The van der Waals surface area contributed by atoms with Gasteiger partial charge in [-0.05, 0) is 23.6 Å². The fourth-order valence-electron chi connectivity index (χ4n) is 2.17. The third-order valence-electron chi connectivity index (χ3n) is 3.13. The number of carbonyl (C=O) groups excluding carboxylic acids is 1. The Morgan fingerprint density at radius 1 is 1.55 bits per heavy atom. The summed E-state index contributed by atoms with van der Waals surface area (Å²) in [4.78, 5) is 26.8. The summed E-state index contributed by atoms with van der Waals surface area (Å²) in [6.07, 6.45) is 0.264. The van der Waals surface area contributed by atoms with Gasteiger partial charge in [0.2, 0.25) is 5.91 Å². The lowest BCUT2D eigenvalue weighted by Gasteiger charge is -2.17. The van der Waals surface area contributed by atoms with Crippen molar-refractivity contribution in [2.45, 2.75) is 6.42 Å². The lowest BCUT2D eigenvalue weighted by Crippen LogP contribution is -2.24. The molecule has 0 saturated carbocycles. The zero-order valence-corrected chi connectivity index (χ0v) is 10.4. The Bertz CT molecular complexity index is 609. The molecule has 1 aliphatic heterocycles. The van der Waals surface area contributed by atoms with Crippen LogP contribution in [0.4, 0.5) is 5.69 Å². The van der Waals surface area contributed by atoms with Gasteiger partial charge in [-0.3, -0.25) is 4.79 Å². The van der Waals surface area contributed by atoms with E-state index in [1.165, 1.54) is 23.1 Å². The molecule has 20 heavy (non-hydrogen) atoms. The second-order valence-corrected chi connectivity index (χ2v) is 4.49. The first-order valence-electron chi connectivity index (χ1n) is 5.90. The van der Waals surface area contributed by atoms with Crippen molar-refractivity contribution in [1.29, 1.82) is 0 Å². The van der Waals surface area contributed by atoms with Crippen LogP contribution in [0.15, 0.2) is 23.3 Å². The highest BCUT2D eigenvalue weighted by molar-refractivity contribution is 5.97. The average Bonchev–Trinajstić information content (AvgIpc) is 2.77. The number of carboxylic acid groups (broad SMARTS) is 1. The topological polar surface area (TPSA) is 127 Å². The number of carbonyl (C=O) groups is 2. The Balaban J connectivity index is 2.20. The minimum absolute atomic E-state index is 0.0697. The maximum absolute atomic E-state index is 11.9. The minimum atomic E-state index is -1.23. The molecular formula is C12H12N4O4. The second-order valence-electron chi connectivity index (χ2n) is 4.49. The van der Waals surface area contributed by atoms with Crippen molar-refractivity contribution in [2.24, 2.45) is 11.0 Å². The molecule has 1 aromatic rings. The molecule has 1 aromatic carbocycles. The van der Waals surface area contributed by atoms with Crippen LogP contribution in [0.2, 0.25) is 0 Å². The molecular weight excluding hydrogens is 264 g/mol. The van der Waals surface area contributed by atoms with Crippen molar-refractivity contribution in [3.05, 3.63) is 34.2 Å². The van der Waals surface area contributed by atoms with Gasteiger partial charge in [0.05, 0.1) is 0 Å². The number of hydrogen-bond donors (Lipinski definition) is 2. The molecule has 1 atom stereocenters. The third-order valence-corrected chi connectivity index (χ3v) is 3.13. The fraction of sp³-hybridized carbons (Fsp3) is 0.333. The van der Waals surface area contributed by atoms with Crippen LogP contribution in [-0.2, 0) is 4.79 Å². The Kier molecular flexibility index (Phi) is 3.76. The van der Waals surface area contributed by atoms with Gasteiger partial charge in [0.15, 0.2) is 0 Å². The minimum Gasteiger partial charge on any atom is -0.507 e. The van der Waals surface area contributed by atoms with Crippen LogP contribution in [0.3, 0.4) is 0 Å². The van der Waals surface area contributed by atoms with E-state index in [0.717, 1.165) is 0 Å². The Hall–Kier alpha value is -2.73. The molecule has 1 heterocycles. The summed E-state index contributed by atoms with van der Waals surface area (Å²) >= 11 is 0. The zero-order chi connectivity index (χ0) is 14.7. The van der Waals surface area contributed by atoms with Gasteiger partial charge < -0.3 is 15.1 Å². The number of phenols is 1. The fourth-order valence-corrected chi connectivity index (χ4v) is 2.17. The lowest BCUT2D eigenvalue weighted by atomic mass is 10.1. The molecule has 1 unspecified atom stereocenters. The highest BCUT2D eigenvalue weighted by Crippen LogP contribution is 2.29. The lowest BCUT2D eigenvalue weighted by molar-refractivity contribution is -0.117. The quantitative estimate of drug-likeness (QED) is 0.493. The normalized spacial score (nSPS) is 17.9. The van der Waals surface area contributed by atoms with Crippen molar-refractivity contribution < 1.29 is 19.8 Å². The zero-order valence-electron chi connectivity index (χ0n) is 10.4. The van der Waals surface area contributed by atoms with Gasteiger partial charge in [-0.2, -0.15) is 0 Å². The van der Waals surface area contributed by atoms with E-state index in [1.54, 1.807) is 0 Å². The van der Waals surface area contributed by atoms with Gasteiger partial charge in [0.25, 0.3) is 0 Å². The number of benzene rings is 1. The summed E-state index contributed by atoms with van der Waals surface area (Å²) < 4.78 is 0. The highest BCUT2D eigenvalue weighted by atomic mass is 16.4. The van der Waals surface area contributed by atoms with E-state index in [9.17, 15) is 14.7 Å². The number of aromatic carboxylic acids is 1. The molecule has 0 bridgehead atoms. The number of azide groups is 1. The van der Waals surface area contributed by atoms with Crippen molar-refractivity contribution in [3.8, 4) is 5.75 Å². The van der Waals surface area contributed by atoms with E-state index >= 15 is 0 Å². The summed E-state index contributed by atoms with van der Waals surface area (Å²) in [6.45, 7) is 0.613. The largest absolute Gasteiger partial charge is 0.507 e. The first-order valence-corrected chi connectivity index (χ1v) is 5.90. The van der Waals surface area contributed by atoms with E-state index in [1.807, 2.05) is 0 Å². The SMILES string of the molecule is [N-]=[N+]=NCC1CC(=O)N(c2ccc(C(=O)O)c(O)c2)C1. The number of nitrogens with zero attached hydrogens (tertiary/aromatic N) is 4. The van der Waals surface area contributed by atoms with E-state index < -0.39 is 5.97 Å². The Morgan fingerprint density at radius 3 is 2.90 bits per heavy atom. The maximum atomic E-state index is 11.9. The van der Waals surface area contributed by atoms with Crippen LogP contribution in [-0.4, -0.2) is 35.2 Å². The van der Waals surface area contributed by atoms with Crippen molar-refractivity contribution in [1.82, 2.24) is 0 Å². The molecule has 2 rings (SSSR count). The van der Waals surface area contributed by atoms with Gasteiger partial charge in [-0.15, -0.1) is 0 Å². The third kappa shape index (κ3) is 2.65. The molecule has 1 aliphatic rings. The predicted molar refractivity (Wildman–Crippen MR) is 69.5 cm³/mol. The average molecular weight is 276 g/mol. The van der Waals surface area contributed by atoms with E-state index in [-0.39, 0.29) is 36.1 Å². The highest BCUT2D eigenvalue weighted by Gasteiger charge is 2.30. The molecule has 0 radical (unpaired) electrons. The molecule has 1 saturated heterocycles. The van der Waals surface area contributed by atoms with Crippen molar-refractivity contribution in [2.75, 3.05) is 18.0 Å². The molecule has 2 N–H and O–H groups in total. The Labute approximate surface area is 113 Å². The van der Waals surface area contributed by atoms with Gasteiger partial charge >= 0.3 is 5.97 Å². The molecule has 8 heteroatoms. The summed E-state index contributed by atoms with van der Waals surface area (Å²) in [6, 6.07) is 3.97. The van der Waals surface area contributed by atoms with Crippen molar-refractivity contribution in [3.63, 3.8) is 0 Å². The van der Waals surface area contributed by atoms with Crippen LogP contribution in [0.25, 0.3) is 10.4 Å². The summed E-state index contributed by atoms with van der Waals surface area (Å²) in [5.41, 5.74) is 8.48. The van der Waals surface area contributed by atoms with Crippen LogP contribution >= 0.6 is 0 Å². The van der Waals surface area contributed by atoms with Gasteiger partial charge in [0.1, 0.15) is 11.3 Å². The van der Waals surface area contributed by atoms with Crippen LogP contribution in [0, 0.1) is 5.92 Å². The number of hydrogen-bond acceptors (Lipinski definition) is 4. The first kappa shape index (κ1) is 13.7. The smallest absolute Gasteiger partial charge is 0.339 e. The second kappa shape index (κ2) is 5.50. The molecule has 1 fully saturated rings. The van der Waals surface area contributed by atoms with Crippen molar-refractivity contribution >= 4 is 17.6 Å². The molecule has 104 valence electrons. The number of anilines is 1.